The Kier molecular flexibility index (Phi) is 35.1. The SMILES string of the molecule is CCCC[C@H](NC(=O)[C@@H](CO)NC(=O)CN(CCN(C)C)C(=O)O[C@]1(CC)C(=O)OCc2c1cc1n(c2=O)Cc2cc3ccccc3nc2-1)C(=O)N[C@H](Cc1ccc(O)cc1)C(=O)N[C@H](CO)C(=O)N[C@@H]1CSSC[C@H](C(=O)N[C@H](C(N)=O)[C@@H](C)O)NC(=O)[C@H]([C@@H](C)O)NC(=O)[C@H](CCCN)NC(=O)[C@@H](Cc2c[nH]c3ccccc23)NC(=O)[C@H](Cc2ccccc2)NC1=O. The number of H-pyrrole nitrogens is 1. The molecule has 7 aromatic rings. The quantitative estimate of drug-likeness (QED) is 0.0149. The second-order valence-corrected chi connectivity index (χ2v) is 34.5. The van der Waals surface area contributed by atoms with Gasteiger partial charge >= 0.3 is 12.1 Å². The fourth-order valence-corrected chi connectivity index (χ4v) is 17.2. The number of primary amides is 1. The number of nitrogens with two attached hydrogens (primary N) is 2. The number of para-hydroxylation sites is 2. The number of aliphatic hydroxyl groups excluding tert-OH is 4. The molecule has 1 saturated heterocycles. The molecule has 0 unspecified atom stereocenters. The second kappa shape index (κ2) is 45.9. The number of nitrogens with zero attached hydrogens (tertiary/aromatic N) is 4. The lowest BCUT2D eigenvalue weighted by molar-refractivity contribution is -0.173. The molecule has 10 rings (SSSR count). The number of benzene rings is 4. The normalized spacial score (nSPS) is 20.2. The van der Waals surface area contributed by atoms with Crippen LogP contribution >= 0.6 is 21.6 Å². The number of hydrogen-bond donors (Lipinski definition) is 19. The van der Waals surface area contributed by atoms with Crippen LogP contribution in [0.5, 0.6) is 5.75 Å². The van der Waals surface area contributed by atoms with Crippen LogP contribution < -0.4 is 75.5 Å². The molecule has 4 aromatic carbocycles. The van der Waals surface area contributed by atoms with E-state index in [0.29, 0.717) is 50.9 Å². The molecule has 21 N–H and O–H groups in total. The highest BCUT2D eigenvalue weighted by Gasteiger charge is 2.52. The van der Waals surface area contributed by atoms with Crippen molar-refractivity contribution < 1.29 is 102 Å². The van der Waals surface area contributed by atoms with Crippen molar-refractivity contribution >= 4 is 126 Å². The number of phenols is 1. The molecule has 42 heteroatoms. The molecular formula is C87H110N18O22S2. The molecule has 0 saturated carbocycles. The number of aliphatic hydroxyl groups is 4. The molecule has 3 aliphatic heterocycles. The topological polar surface area (TPSA) is 600 Å². The van der Waals surface area contributed by atoms with Crippen molar-refractivity contribution in [3.8, 4) is 17.1 Å². The van der Waals surface area contributed by atoms with Gasteiger partial charge in [-0.3, -0.25) is 67.2 Å². The minimum atomic E-state index is -2.22. The highest BCUT2D eigenvalue weighted by atomic mass is 33.1. The first-order valence-electron chi connectivity index (χ1n) is 42.2. The second-order valence-electron chi connectivity index (χ2n) is 31.9. The van der Waals surface area contributed by atoms with Crippen LogP contribution in [-0.4, -0.2) is 276 Å². The maximum atomic E-state index is 15.3. The van der Waals surface area contributed by atoms with Crippen LogP contribution in [0.15, 0.2) is 126 Å². The molecule has 13 amide bonds. The standard InChI is InChI=1S/C87H110N18O22S2/c1-7-9-22-59(94-79(118)64(41-106)91-69(111)40-104(32-31-103(5)6)86(125)127-87(8-2)56-37-68-72-52(35-50-20-13-15-23-57(50)92-72)39-105(68)84(123)55(56)43-126-85(87)124)74(113)95-62(34-49-26-28-53(110)29-27-49)77(116)98-65(42-107)80(119)99-66-44-128-129-45-67(82(121)101-70(46(3)108)73(89)112)100-83(122)71(47(4)109)102-75(114)60(25-17-30-88)93-78(117)63(36-51-38-90-58-24-16-14-21-54(51)58)97-76(115)61(96-81(66)120)33-48-18-11-10-12-19-48/h10-16,18-21,23-24,26-29,35,37-38,46-47,59-67,70-71,90,106-110H,7-9,17,22,25,30-34,36,39-45,88H2,1-6H3,(H2,89,112)(H,91,111)(H,93,117)(H,94,118)(H,95,113)(H,96,120)(H,97,115)(H,98,116)(H,99,119)(H,100,122)(H,101,121)(H,102,114)/t46-,47-,59+,60+,61+,62-,63-,64-,65-,66-,67-,70+,71+,87+/m1/s1. The molecule has 3 aliphatic rings. The van der Waals surface area contributed by atoms with Gasteiger partial charge in [0.1, 0.15) is 85.4 Å². The number of rotatable bonds is 35. The van der Waals surface area contributed by atoms with Gasteiger partial charge in [-0.1, -0.05) is 127 Å². The number of aromatic nitrogens is 3. The summed E-state index contributed by atoms with van der Waals surface area (Å²) in [5.74, 6) is -15.3. The van der Waals surface area contributed by atoms with Crippen molar-refractivity contribution in [2.24, 2.45) is 11.5 Å². The number of amides is 13. The average molecular weight is 1820 g/mol. The lowest BCUT2D eigenvalue weighted by Gasteiger charge is -2.37. The van der Waals surface area contributed by atoms with E-state index in [-0.39, 0.29) is 88.0 Å². The third kappa shape index (κ3) is 25.5. The molecule has 6 heterocycles. The number of carbonyl (C=O) groups is 14. The van der Waals surface area contributed by atoms with E-state index in [9.17, 15) is 87.9 Å². The summed E-state index contributed by atoms with van der Waals surface area (Å²) in [6, 6.07) is 12.6. The smallest absolute Gasteiger partial charge is 0.411 e. The summed E-state index contributed by atoms with van der Waals surface area (Å²) in [6.07, 6.45) is -3.56. The van der Waals surface area contributed by atoms with Gasteiger partial charge < -0.3 is 119 Å². The molecule has 0 aliphatic carbocycles. The van der Waals surface area contributed by atoms with E-state index in [1.54, 1.807) is 99.7 Å². The van der Waals surface area contributed by atoms with E-state index in [2.05, 4.69) is 63.5 Å². The van der Waals surface area contributed by atoms with Crippen molar-refractivity contribution in [2.75, 3.05) is 65.0 Å². The van der Waals surface area contributed by atoms with E-state index in [4.69, 9.17) is 25.9 Å². The number of unbranched alkanes of at least 4 members (excludes halogenated alkanes) is 1. The lowest BCUT2D eigenvalue weighted by Crippen LogP contribution is -2.63. The first-order chi connectivity index (χ1) is 61.7. The highest BCUT2D eigenvalue weighted by molar-refractivity contribution is 8.76. The monoisotopic (exact) mass is 1820 g/mol. The molecule has 0 spiro atoms. The number of pyridine rings is 2. The summed E-state index contributed by atoms with van der Waals surface area (Å²) in [5, 5.41) is 83.1. The van der Waals surface area contributed by atoms with Crippen LogP contribution in [0.2, 0.25) is 0 Å². The maximum absolute atomic E-state index is 15.3. The van der Waals surface area contributed by atoms with Gasteiger partial charge in [-0.2, -0.15) is 0 Å². The number of phenolic OH excluding ortho intramolecular Hbond substituents is 1. The predicted molar refractivity (Wildman–Crippen MR) is 474 cm³/mol. The fraction of sp³-hybridized carbons (Fsp3) is 0.448. The van der Waals surface area contributed by atoms with E-state index in [1.807, 2.05) is 30.3 Å². The summed E-state index contributed by atoms with van der Waals surface area (Å²) in [4.78, 5) is 228. The average Bonchev–Trinajstić information content (AvgIpc) is 1.62. The van der Waals surface area contributed by atoms with Gasteiger partial charge in [-0.25, -0.2) is 14.6 Å². The Morgan fingerprint density at radius 3 is 1.98 bits per heavy atom. The van der Waals surface area contributed by atoms with Crippen molar-refractivity contribution in [3.63, 3.8) is 0 Å². The Hall–Kier alpha value is -12.6. The minimum absolute atomic E-state index is 0.00442. The number of likely N-dealkylation sites (N-methyl/N-ethyl adjacent to an activating group) is 1. The maximum Gasteiger partial charge on any atom is 0.411 e. The zero-order chi connectivity index (χ0) is 93.5. The third-order valence-electron chi connectivity index (χ3n) is 22.1. The number of carbonyl (C=O) groups excluding carboxylic acids is 14. The number of aromatic hydroxyl groups is 1. The largest absolute Gasteiger partial charge is 0.508 e. The van der Waals surface area contributed by atoms with Crippen LogP contribution in [0.1, 0.15) is 99.6 Å². The fourth-order valence-electron chi connectivity index (χ4n) is 14.9. The van der Waals surface area contributed by atoms with E-state index >= 15 is 9.59 Å². The van der Waals surface area contributed by atoms with Crippen LogP contribution in [0, 0.1) is 0 Å². The summed E-state index contributed by atoms with van der Waals surface area (Å²) in [7, 11) is 4.92. The van der Waals surface area contributed by atoms with Crippen LogP contribution in [0.4, 0.5) is 4.79 Å². The molecule has 40 nitrogen and oxygen atoms in total. The number of aromatic amines is 1. The summed E-state index contributed by atoms with van der Waals surface area (Å²) < 4.78 is 13.2. The Balaban J connectivity index is 0.896. The van der Waals surface area contributed by atoms with Crippen LogP contribution in [0.3, 0.4) is 0 Å². The summed E-state index contributed by atoms with van der Waals surface area (Å²) in [6.45, 7) is 2.11. The van der Waals surface area contributed by atoms with E-state index in [0.717, 1.165) is 51.3 Å². The minimum Gasteiger partial charge on any atom is -0.508 e. The third-order valence-corrected chi connectivity index (χ3v) is 24.6. The van der Waals surface area contributed by atoms with Gasteiger partial charge in [-0.15, -0.1) is 0 Å². The van der Waals surface area contributed by atoms with Crippen molar-refractivity contribution in [1.82, 2.24) is 82.8 Å². The molecule has 3 aromatic heterocycles. The predicted octanol–water partition coefficient (Wildman–Crippen LogP) is -2.11. The molecule has 0 bridgehead atoms. The number of hydrogen-bond acceptors (Lipinski definition) is 27. The zero-order valence-electron chi connectivity index (χ0n) is 71.9. The van der Waals surface area contributed by atoms with Crippen molar-refractivity contribution in [3.05, 3.63) is 165 Å². The van der Waals surface area contributed by atoms with Gasteiger partial charge in [0.05, 0.1) is 54.4 Å². The number of fused-ring (bicyclic) bond motifs is 6. The molecular weight excluding hydrogens is 1710 g/mol. The van der Waals surface area contributed by atoms with Crippen molar-refractivity contribution in [1.29, 1.82) is 0 Å². The number of ether oxygens (including phenoxy) is 2. The van der Waals surface area contributed by atoms with Gasteiger partial charge in [0, 0.05) is 77.5 Å². The molecule has 0 radical (unpaired) electrons. The Bertz CT molecular complexity index is 5310. The molecule has 692 valence electrons. The van der Waals surface area contributed by atoms with Crippen LogP contribution in [-0.2, 0) is 110 Å². The van der Waals surface area contributed by atoms with Gasteiger partial charge in [0.2, 0.25) is 76.5 Å². The first kappa shape index (κ1) is 98.6. The first-order valence-corrected chi connectivity index (χ1v) is 44.6. The molecule has 129 heavy (non-hydrogen) atoms. The van der Waals surface area contributed by atoms with Crippen LogP contribution in [0.25, 0.3) is 33.2 Å². The van der Waals surface area contributed by atoms with Gasteiger partial charge in [-0.05, 0) is 113 Å². The number of cyclic esters (lactones) is 1. The molecule has 1 fully saturated rings. The Morgan fingerprint density at radius 1 is 0.682 bits per heavy atom. The van der Waals surface area contributed by atoms with Gasteiger partial charge in [0.25, 0.3) is 5.56 Å². The van der Waals surface area contributed by atoms with E-state index < -0.39 is 217 Å². The Labute approximate surface area is 749 Å². The van der Waals surface area contributed by atoms with Crippen molar-refractivity contribution in [2.45, 2.75) is 183 Å². The summed E-state index contributed by atoms with van der Waals surface area (Å²) >= 11 is 0. The summed E-state index contributed by atoms with van der Waals surface area (Å²) in [5.41, 5.74) is 13.0. The Morgan fingerprint density at radius 2 is 1.31 bits per heavy atom. The van der Waals surface area contributed by atoms with Gasteiger partial charge in [0.15, 0.2) is 0 Å². The van der Waals surface area contributed by atoms with E-state index in [1.165, 1.54) is 28.8 Å². The highest BCUT2D eigenvalue weighted by Crippen LogP contribution is 2.42. The number of esters is 1. The molecule has 14 atom stereocenters. The zero-order valence-corrected chi connectivity index (χ0v) is 73.6. The number of nitrogens with one attached hydrogen (secondary N) is 12. The lowest BCUT2D eigenvalue weighted by atomic mass is 9.85.